The molecule has 0 aromatic heterocycles. The number of hydrogen-bond acceptors (Lipinski definition) is 1. The molecule has 88 valence electrons. The Kier molecular flexibility index (Phi) is 4.08. The Labute approximate surface area is 115 Å². The van der Waals surface area contributed by atoms with Gasteiger partial charge in [-0.25, -0.2) is 0 Å². The molecule has 0 aliphatic carbocycles. The summed E-state index contributed by atoms with van der Waals surface area (Å²) in [7, 11) is 2.07. The number of nitrogens with zero attached hydrogens (tertiary/aromatic N) is 1. The van der Waals surface area contributed by atoms with Crippen molar-refractivity contribution in [2.75, 3.05) is 11.9 Å². The smallest absolute Gasteiger partial charge is 0.0426 e. The minimum absolute atomic E-state index is 0.769. The number of halogens is 2. The Balaban J connectivity index is 2.08. The molecular formula is C14H13BrClN. The molecule has 0 saturated heterocycles. The van der Waals surface area contributed by atoms with Crippen LogP contribution < -0.4 is 4.90 Å². The molecule has 2 aromatic rings. The number of rotatable bonds is 3. The lowest BCUT2D eigenvalue weighted by Gasteiger charge is -2.19. The molecule has 0 amide bonds. The Hall–Kier alpha value is -0.990. The van der Waals surface area contributed by atoms with Crippen molar-refractivity contribution in [3.05, 3.63) is 63.6 Å². The summed E-state index contributed by atoms with van der Waals surface area (Å²) < 4.78 is 1.11. The molecular weight excluding hydrogens is 298 g/mol. The van der Waals surface area contributed by atoms with Gasteiger partial charge in [0.2, 0.25) is 0 Å². The SMILES string of the molecule is CN(Cc1ccc(Br)cc1)c1ccc(Cl)cc1. The molecule has 2 aromatic carbocycles. The topological polar surface area (TPSA) is 3.24 Å². The Morgan fingerprint density at radius 3 is 2.18 bits per heavy atom. The highest BCUT2D eigenvalue weighted by atomic mass is 79.9. The Bertz CT molecular complexity index is 479. The Morgan fingerprint density at radius 2 is 1.59 bits per heavy atom. The first-order valence-corrected chi connectivity index (χ1v) is 6.53. The van der Waals surface area contributed by atoms with E-state index in [0.29, 0.717) is 0 Å². The third kappa shape index (κ3) is 3.48. The first-order chi connectivity index (χ1) is 8.15. The van der Waals surface area contributed by atoms with Crippen molar-refractivity contribution >= 4 is 33.2 Å². The molecule has 0 fully saturated rings. The van der Waals surface area contributed by atoms with E-state index in [9.17, 15) is 0 Å². The van der Waals surface area contributed by atoms with Crippen molar-refractivity contribution in [3.8, 4) is 0 Å². The standard InChI is InChI=1S/C14H13BrClN/c1-17(14-8-6-13(16)7-9-14)10-11-2-4-12(15)5-3-11/h2-9H,10H2,1H3. The molecule has 0 aliphatic rings. The average Bonchev–Trinajstić information content (AvgIpc) is 2.33. The van der Waals surface area contributed by atoms with Crippen LogP contribution >= 0.6 is 27.5 Å². The van der Waals surface area contributed by atoms with E-state index in [1.807, 2.05) is 24.3 Å². The second-order valence-electron chi connectivity index (χ2n) is 3.96. The molecule has 0 bridgehead atoms. The van der Waals surface area contributed by atoms with Crippen molar-refractivity contribution in [1.29, 1.82) is 0 Å². The summed E-state index contributed by atoms with van der Waals surface area (Å²) in [5.41, 5.74) is 2.45. The summed E-state index contributed by atoms with van der Waals surface area (Å²) in [5.74, 6) is 0. The molecule has 0 saturated carbocycles. The van der Waals surface area contributed by atoms with Crippen molar-refractivity contribution < 1.29 is 0 Å². The van der Waals surface area contributed by atoms with E-state index in [2.05, 4.69) is 52.1 Å². The molecule has 17 heavy (non-hydrogen) atoms. The maximum absolute atomic E-state index is 5.87. The average molecular weight is 311 g/mol. The van der Waals surface area contributed by atoms with E-state index in [-0.39, 0.29) is 0 Å². The molecule has 1 nitrogen and oxygen atoms in total. The summed E-state index contributed by atoms with van der Waals surface area (Å²) >= 11 is 9.31. The zero-order valence-electron chi connectivity index (χ0n) is 9.53. The van der Waals surface area contributed by atoms with Crippen molar-refractivity contribution in [1.82, 2.24) is 0 Å². The lowest BCUT2D eigenvalue weighted by molar-refractivity contribution is 0.923. The summed E-state index contributed by atoms with van der Waals surface area (Å²) in [6.45, 7) is 0.884. The second kappa shape index (κ2) is 5.56. The minimum Gasteiger partial charge on any atom is -0.370 e. The number of benzene rings is 2. The van der Waals surface area contributed by atoms with Gasteiger partial charge in [-0.1, -0.05) is 39.7 Å². The molecule has 0 N–H and O–H groups in total. The highest BCUT2D eigenvalue weighted by Crippen LogP contribution is 2.19. The van der Waals surface area contributed by atoms with Crippen LogP contribution in [0.25, 0.3) is 0 Å². The fraction of sp³-hybridized carbons (Fsp3) is 0.143. The van der Waals surface area contributed by atoms with Gasteiger partial charge in [0.25, 0.3) is 0 Å². The lowest BCUT2D eigenvalue weighted by Crippen LogP contribution is -2.15. The third-order valence-electron chi connectivity index (χ3n) is 2.60. The fourth-order valence-electron chi connectivity index (χ4n) is 1.65. The van der Waals surface area contributed by atoms with Crippen LogP contribution in [-0.2, 0) is 6.54 Å². The maximum Gasteiger partial charge on any atom is 0.0426 e. The van der Waals surface area contributed by atoms with Gasteiger partial charge in [0.15, 0.2) is 0 Å². The summed E-state index contributed by atoms with van der Waals surface area (Å²) in [6.07, 6.45) is 0. The van der Waals surface area contributed by atoms with Gasteiger partial charge >= 0.3 is 0 Å². The lowest BCUT2D eigenvalue weighted by atomic mass is 10.2. The summed E-state index contributed by atoms with van der Waals surface area (Å²) in [6, 6.07) is 16.2. The normalized spacial score (nSPS) is 10.3. The van der Waals surface area contributed by atoms with Crippen LogP contribution in [0.5, 0.6) is 0 Å². The van der Waals surface area contributed by atoms with Crippen LogP contribution in [0.4, 0.5) is 5.69 Å². The molecule has 3 heteroatoms. The molecule has 2 rings (SSSR count). The van der Waals surface area contributed by atoms with E-state index in [1.54, 1.807) is 0 Å². The highest BCUT2D eigenvalue weighted by Gasteiger charge is 2.01. The van der Waals surface area contributed by atoms with Crippen LogP contribution in [0.2, 0.25) is 5.02 Å². The zero-order valence-corrected chi connectivity index (χ0v) is 11.9. The van der Waals surface area contributed by atoms with Gasteiger partial charge in [-0.2, -0.15) is 0 Å². The number of anilines is 1. The van der Waals surface area contributed by atoms with Crippen LogP contribution in [0.15, 0.2) is 53.0 Å². The van der Waals surface area contributed by atoms with Gasteiger partial charge in [-0.3, -0.25) is 0 Å². The van der Waals surface area contributed by atoms with Crippen molar-refractivity contribution in [3.63, 3.8) is 0 Å². The first kappa shape index (κ1) is 12.5. The van der Waals surface area contributed by atoms with Gasteiger partial charge in [-0.15, -0.1) is 0 Å². The summed E-state index contributed by atoms with van der Waals surface area (Å²) in [5, 5.41) is 0.769. The van der Waals surface area contributed by atoms with E-state index in [0.717, 1.165) is 21.7 Å². The largest absolute Gasteiger partial charge is 0.370 e. The highest BCUT2D eigenvalue weighted by molar-refractivity contribution is 9.10. The molecule has 0 heterocycles. The predicted octanol–water partition coefficient (Wildman–Crippen LogP) is 4.74. The monoisotopic (exact) mass is 309 g/mol. The van der Waals surface area contributed by atoms with Crippen LogP contribution in [0, 0.1) is 0 Å². The van der Waals surface area contributed by atoms with Crippen LogP contribution in [0.3, 0.4) is 0 Å². The van der Waals surface area contributed by atoms with E-state index < -0.39 is 0 Å². The predicted molar refractivity (Wildman–Crippen MR) is 77.7 cm³/mol. The van der Waals surface area contributed by atoms with Gasteiger partial charge in [-0.05, 0) is 42.0 Å². The first-order valence-electron chi connectivity index (χ1n) is 5.36. The maximum atomic E-state index is 5.87. The molecule has 0 unspecified atom stereocenters. The zero-order chi connectivity index (χ0) is 12.3. The van der Waals surface area contributed by atoms with Gasteiger partial charge in [0.1, 0.15) is 0 Å². The van der Waals surface area contributed by atoms with Gasteiger partial charge in [0.05, 0.1) is 0 Å². The van der Waals surface area contributed by atoms with Crippen LogP contribution in [0.1, 0.15) is 5.56 Å². The summed E-state index contributed by atoms with van der Waals surface area (Å²) in [4.78, 5) is 2.19. The van der Waals surface area contributed by atoms with Crippen molar-refractivity contribution in [2.45, 2.75) is 6.54 Å². The molecule has 0 spiro atoms. The van der Waals surface area contributed by atoms with E-state index in [1.165, 1.54) is 5.56 Å². The molecule has 0 radical (unpaired) electrons. The third-order valence-corrected chi connectivity index (χ3v) is 3.38. The van der Waals surface area contributed by atoms with Crippen molar-refractivity contribution in [2.24, 2.45) is 0 Å². The Morgan fingerprint density at radius 1 is 1.00 bits per heavy atom. The molecule has 0 atom stereocenters. The van der Waals surface area contributed by atoms with E-state index in [4.69, 9.17) is 11.6 Å². The van der Waals surface area contributed by atoms with Gasteiger partial charge < -0.3 is 4.90 Å². The minimum atomic E-state index is 0.769. The van der Waals surface area contributed by atoms with E-state index >= 15 is 0 Å². The van der Waals surface area contributed by atoms with Crippen LogP contribution in [-0.4, -0.2) is 7.05 Å². The fourth-order valence-corrected chi connectivity index (χ4v) is 2.04. The molecule has 0 aliphatic heterocycles. The van der Waals surface area contributed by atoms with Gasteiger partial charge in [0, 0.05) is 28.8 Å². The quantitative estimate of drug-likeness (QED) is 0.791. The second-order valence-corrected chi connectivity index (χ2v) is 5.31. The number of hydrogen-bond donors (Lipinski definition) is 0.